The minimum absolute atomic E-state index is 0.159. The van der Waals surface area contributed by atoms with Crippen molar-refractivity contribution in [2.45, 2.75) is 33.3 Å². The number of hydrogen-bond donors (Lipinski definition) is 1. The monoisotopic (exact) mass is 157 g/mol. The highest BCUT2D eigenvalue weighted by molar-refractivity contribution is 4.77. The molecule has 1 atom stereocenters. The van der Waals surface area contributed by atoms with Gasteiger partial charge in [-0.1, -0.05) is 25.9 Å². The summed E-state index contributed by atoms with van der Waals surface area (Å²) in [6.45, 7) is 6.06. The van der Waals surface area contributed by atoms with Gasteiger partial charge in [-0.15, -0.1) is 0 Å². The van der Waals surface area contributed by atoms with Gasteiger partial charge in [0.15, 0.2) is 0 Å². The first-order chi connectivity index (χ1) is 5.04. The van der Waals surface area contributed by atoms with Crippen LogP contribution in [0, 0.1) is 5.41 Å². The molecule has 0 amide bonds. The Balaban J connectivity index is 4.00. The molecule has 1 N–H and O–H groups in total. The Bertz CT molecular complexity index is 161. The van der Waals surface area contributed by atoms with Crippen LogP contribution in [0.1, 0.15) is 27.2 Å². The Kier molecular flexibility index (Phi) is 3.93. The highest BCUT2D eigenvalue weighted by Crippen LogP contribution is 2.24. The van der Waals surface area contributed by atoms with Gasteiger partial charge in [0.1, 0.15) is 0 Å². The maximum atomic E-state index is 9.44. The molecule has 0 aromatic heterocycles. The summed E-state index contributed by atoms with van der Waals surface area (Å²) in [4.78, 5) is 2.59. The fourth-order valence-corrected chi connectivity index (χ4v) is 0.597. The lowest BCUT2D eigenvalue weighted by Crippen LogP contribution is -2.30. The highest BCUT2D eigenvalue weighted by Gasteiger charge is 2.24. The molecular formula is C7H15N3O. The van der Waals surface area contributed by atoms with Crippen LogP contribution in [0.3, 0.4) is 0 Å². The van der Waals surface area contributed by atoms with Crippen LogP contribution in [0.5, 0.6) is 0 Å². The Labute approximate surface area is 66.9 Å². The molecule has 4 heteroatoms. The number of aliphatic hydroxyl groups excluding tert-OH is 1. The normalized spacial score (nSPS) is 13.8. The van der Waals surface area contributed by atoms with Gasteiger partial charge in [0, 0.05) is 4.91 Å². The van der Waals surface area contributed by atoms with Crippen molar-refractivity contribution >= 4 is 0 Å². The van der Waals surface area contributed by atoms with Gasteiger partial charge in [-0.05, 0) is 17.4 Å². The minimum Gasteiger partial charge on any atom is -0.392 e. The molecule has 0 saturated heterocycles. The molecule has 64 valence electrons. The van der Waals surface area contributed by atoms with E-state index in [4.69, 9.17) is 5.53 Å². The zero-order valence-electron chi connectivity index (χ0n) is 7.28. The zero-order valence-corrected chi connectivity index (χ0v) is 7.28. The van der Waals surface area contributed by atoms with Gasteiger partial charge in [0.25, 0.3) is 0 Å². The maximum absolute atomic E-state index is 9.44. The lowest BCUT2D eigenvalue weighted by Gasteiger charge is -2.27. The van der Waals surface area contributed by atoms with E-state index in [1.165, 1.54) is 0 Å². The van der Waals surface area contributed by atoms with Crippen molar-refractivity contribution in [1.82, 2.24) is 0 Å². The van der Waals surface area contributed by atoms with Gasteiger partial charge >= 0.3 is 0 Å². The fraction of sp³-hybridized carbons (Fsp3) is 1.00. The van der Waals surface area contributed by atoms with Gasteiger partial charge in [-0.25, -0.2) is 0 Å². The molecule has 0 aromatic carbocycles. The van der Waals surface area contributed by atoms with Crippen LogP contribution in [-0.2, 0) is 0 Å². The van der Waals surface area contributed by atoms with E-state index >= 15 is 0 Å². The van der Waals surface area contributed by atoms with E-state index < -0.39 is 6.10 Å². The van der Waals surface area contributed by atoms with Crippen molar-refractivity contribution in [3.63, 3.8) is 0 Å². The molecule has 11 heavy (non-hydrogen) atoms. The summed E-state index contributed by atoms with van der Waals surface area (Å²) in [5.41, 5.74) is 7.84. The third kappa shape index (κ3) is 3.25. The maximum Gasteiger partial charge on any atom is 0.0647 e. The first-order valence-corrected chi connectivity index (χ1v) is 3.73. The molecule has 0 aromatic rings. The van der Waals surface area contributed by atoms with Crippen molar-refractivity contribution in [2.75, 3.05) is 6.54 Å². The fourth-order valence-electron chi connectivity index (χ4n) is 0.597. The van der Waals surface area contributed by atoms with Gasteiger partial charge in [0.05, 0.1) is 12.6 Å². The smallest absolute Gasteiger partial charge is 0.0647 e. The number of azide groups is 1. The topological polar surface area (TPSA) is 69.0 Å². The average Bonchev–Trinajstić information content (AvgIpc) is 2.00. The second-order valence-corrected chi connectivity index (χ2v) is 3.27. The lowest BCUT2D eigenvalue weighted by atomic mass is 9.84. The molecule has 0 heterocycles. The number of aliphatic hydroxyl groups is 1. The molecule has 0 saturated carbocycles. The molecule has 0 aliphatic carbocycles. The van der Waals surface area contributed by atoms with Crippen LogP contribution < -0.4 is 0 Å². The summed E-state index contributed by atoms with van der Waals surface area (Å²) in [6, 6.07) is 0. The van der Waals surface area contributed by atoms with Crippen LogP contribution in [-0.4, -0.2) is 17.8 Å². The summed E-state index contributed by atoms with van der Waals surface area (Å²) >= 11 is 0. The molecule has 0 spiro atoms. The van der Waals surface area contributed by atoms with Crippen molar-refractivity contribution < 1.29 is 5.11 Å². The third-order valence-corrected chi connectivity index (χ3v) is 2.13. The predicted octanol–water partition coefficient (Wildman–Crippen LogP) is 2.09. The van der Waals surface area contributed by atoms with E-state index in [-0.39, 0.29) is 12.0 Å². The quantitative estimate of drug-likeness (QED) is 0.379. The number of rotatable bonds is 4. The molecule has 0 radical (unpaired) electrons. The van der Waals surface area contributed by atoms with Crippen LogP contribution in [0.15, 0.2) is 5.11 Å². The van der Waals surface area contributed by atoms with E-state index in [2.05, 4.69) is 10.0 Å². The lowest BCUT2D eigenvalue weighted by molar-refractivity contribution is 0.0550. The highest BCUT2D eigenvalue weighted by atomic mass is 16.3. The number of nitrogens with zero attached hydrogens (tertiary/aromatic N) is 3. The Morgan fingerprint density at radius 3 is 2.55 bits per heavy atom. The van der Waals surface area contributed by atoms with Crippen molar-refractivity contribution in [3.05, 3.63) is 10.4 Å². The molecule has 0 aliphatic rings. The average molecular weight is 157 g/mol. The standard InChI is InChI=1S/C7H15N3O/c1-4-7(2,3)6(11)5-9-10-8/h6,11H,4-5H2,1-3H3. The van der Waals surface area contributed by atoms with Gasteiger partial charge in [-0.2, -0.15) is 0 Å². The van der Waals surface area contributed by atoms with E-state index in [9.17, 15) is 5.11 Å². The molecule has 0 fully saturated rings. The van der Waals surface area contributed by atoms with E-state index in [0.29, 0.717) is 0 Å². The van der Waals surface area contributed by atoms with Crippen molar-refractivity contribution in [2.24, 2.45) is 10.5 Å². The minimum atomic E-state index is -0.539. The molecule has 0 rings (SSSR count). The van der Waals surface area contributed by atoms with E-state index in [1.54, 1.807) is 0 Å². The van der Waals surface area contributed by atoms with Crippen LogP contribution >= 0.6 is 0 Å². The first kappa shape index (κ1) is 10.3. The van der Waals surface area contributed by atoms with Gasteiger partial charge in [0.2, 0.25) is 0 Å². The van der Waals surface area contributed by atoms with E-state index in [0.717, 1.165) is 6.42 Å². The predicted molar refractivity (Wildman–Crippen MR) is 44.1 cm³/mol. The van der Waals surface area contributed by atoms with Crippen molar-refractivity contribution in [1.29, 1.82) is 0 Å². The summed E-state index contributed by atoms with van der Waals surface area (Å²) < 4.78 is 0. The van der Waals surface area contributed by atoms with Crippen LogP contribution in [0.25, 0.3) is 10.4 Å². The molecular weight excluding hydrogens is 142 g/mol. The summed E-state index contributed by atoms with van der Waals surface area (Å²) in [6.07, 6.45) is 0.332. The number of hydrogen-bond acceptors (Lipinski definition) is 2. The van der Waals surface area contributed by atoms with Gasteiger partial charge in [-0.3, -0.25) is 0 Å². The third-order valence-electron chi connectivity index (χ3n) is 2.13. The van der Waals surface area contributed by atoms with Crippen LogP contribution in [0.2, 0.25) is 0 Å². The van der Waals surface area contributed by atoms with Crippen LogP contribution in [0.4, 0.5) is 0 Å². The van der Waals surface area contributed by atoms with Gasteiger partial charge < -0.3 is 5.11 Å². The molecule has 4 nitrogen and oxygen atoms in total. The van der Waals surface area contributed by atoms with Crippen molar-refractivity contribution in [3.8, 4) is 0 Å². The summed E-state index contributed by atoms with van der Waals surface area (Å²) in [7, 11) is 0. The molecule has 0 bridgehead atoms. The van der Waals surface area contributed by atoms with E-state index in [1.807, 2.05) is 20.8 Å². The second-order valence-electron chi connectivity index (χ2n) is 3.27. The Hall–Kier alpha value is -0.730. The first-order valence-electron chi connectivity index (χ1n) is 3.73. The second kappa shape index (κ2) is 4.21. The molecule has 0 aliphatic heterocycles. The molecule has 1 unspecified atom stereocenters. The zero-order chi connectivity index (χ0) is 8.91. The SMILES string of the molecule is CCC(C)(C)C(O)CN=[N+]=[N-]. The largest absolute Gasteiger partial charge is 0.392 e. The summed E-state index contributed by atoms with van der Waals surface area (Å²) in [5, 5.41) is 12.8. The Morgan fingerprint density at radius 2 is 2.18 bits per heavy atom. The Morgan fingerprint density at radius 1 is 1.64 bits per heavy atom. The summed E-state index contributed by atoms with van der Waals surface area (Å²) in [5.74, 6) is 0.